The van der Waals surface area contributed by atoms with Crippen molar-refractivity contribution in [2.75, 3.05) is 0 Å². The minimum atomic E-state index is 0.952. The lowest BCUT2D eigenvalue weighted by atomic mass is 9.96. The van der Waals surface area contributed by atoms with Crippen molar-refractivity contribution < 1.29 is 0 Å². The number of hydrogen-bond donors (Lipinski definition) is 0. The SMILES string of the molecule is C=CC=C(C=CC)c1ccc(-c2cccc3c(C)cccc23)cn1. The van der Waals surface area contributed by atoms with Crippen molar-refractivity contribution >= 4 is 16.3 Å². The smallest absolute Gasteiger partial charge is 0.0702 e. The fourth-order valence-corrected chi connectivity index (χ4v) is 2.98. The van der Waals surface area contributed by atoms with E-state index >= 15 is 0 Å². The van der Waals surface area contributed by atoms with E-state index in [-0.39, 0.29) is 0 Å². The number of nitrogens with zero attached hydrogens (tertiary/aromatic N) is 1. The average molecular weight is 311 g/mol. The largest absolute Gasteiger partial charge is 0.256 e. The van der Waals surface area contributed by atoms with Gasteiger partial charge in [0.05, 0.1) is 5.69 Å². The van der Waals surface area contributed by atoms with Crippen LogP contribution in [0.1, 0.15) is 18.2 Å². The summed E-state index contributed by atoms with van der Waals surface area (Å²) in [7, 11) is 0. The zero-order chi connectivity index (χ0) is 16.9. The molecule has 0 fully saturated rings. The van der Waals surface area contributed by atoms with Gasteiger partial charge in [0.15, 0.2) is 0 Å². The molecule has 0 radical (unpaired) electrons. The molecule has 0 unspecified atom stereocenters. The van der Waals surface area contributed by atoms with E-state index in [0.717, 1.165) is 16.8 Å². The Morgan fingerprint density at radius 3 is 2.50 bits per heavy atom. The second-order valence-electron chi connectivity index (χ2n) is 5.77. The van der Waals surface area contributed by atoms with Crippen LogP contribution < -0.4 is 0 Å². The molecule has 0 spiro atoms. The molecule has 0 aliphatic carbocycles. The van der Waals surface area contributed by atoms with Crippen molar-refractivity contribution in [2.24, 2.45) is 0 Å². The molecule has 1 aromatic heterocycles. The highest BCUT2D eigenvalue weighted by atomic mass is 14.7. The second-order valence-corrected chi connectivity index (χ2v) is 5.77. The van der Waals surface area contributed by atoms with Gasteiger partial charge in [-0.25, -0.2) is 0 Å². The lowest BCUT2D eigenvalue weighted by molar-refractivity contribution is 1.28. The summed E-state index contributed by atoms with van der Waals surface area (Å²) in [4.78, 5) is 4.65. The zero-order valence-electron chi connectivity index (χ0n) is 14.2. The number of aryl methyl sites for hydroxylation is 1. The fourth-order valence-electron chi connectivity index (χ4n) is 2.98. The van der Waals surface area contributed by atoms with E-state index in [2.05, 4.69) is 67.0 Å². The van der Waals surface area contributed by atoms with E-state index < -0.39 is 0 Å². The van der Waals surface area contributed by atoms with Crippen molar-refractivity contribution in [3.05, 3.63) is 96.9 Å². The molecule has 0 saturated heterocycles. The molecule has 0 aliphatic heterocycles. The maximum absolute atomic E-state index is 4.65. The Morgan fingerprint density at radius 2 is 1.79 bits per heavy atom. The van der Waals surface area contributed by atoms with E-state index in [0.29, 0.717) is 0 Å². The molecule has 1 heteroatoms. The molecular formula is C23H21N. The summed E-state index contributed by atoms with van der Waals surface area (Å²) in [5, 5.41) is 2.56. The molecular weight excluding hydrogens is 290 g/mol. The molecule has 118 valence electrons. The van der Waals surface area contributed by atoms with Crippen LogP contribution in [-0.4, -0.2) is 4.98 Å². The predicted octanol–water partition coefficient (Wildman–Crippen LogP) is 6.36. The first-order chi connectivity index (χ1) is 11.7. The van der Waals surface area contributed by atoms with Gasteiger partial charge in [-0.15, -0.1) is 0 Å². The number of benzene rings is 2. The van der Waals surface area contributed by atoms with Crippen LogP contribution >= 0.6 is 0 Å². The van der Waals surface area contributed by atoms with Crippen molar-refractivity contribution in [1.29, 1.82) is 0 Å². The van der Waals surface area contributed by atoms with E-state index in [1.807, 2.05) is 31.3 Å². The maximum Gasteiger partial charge on any atom is 0.0702 e. The van der Waals surface area contributed by atoms with Crippen LogP contribution in [0.3, 0.4) is 0 Å². The molecule has 1 heterocycles. The Bertz CT molecular complexity index is 928. The third-order valence-corrected chi connectivity index (χ3v) is 4.15. The minimum Gasteiger partial charge on any atom is -0.256 e. The Labute approximate surface area is 143 Å². The molecule has 0 saturated carbocycles. The van der Waals surface area contributed by atoms with Gasteiger partial charge in [-0.1, -0.05) is 73.3 Å². The highest BCUT2D eigenvalue weighted by Crippen LogP contribution is 2.30. The standard InChI is InChI=1S/C23H21N/c1-4-8-18(9-5-2)23-15-14-19(16-24-23)21-12-7-11-20-17(3)10-6-13-22(20)21/h4-16H,1H2,2-3H3. The first-order valence-corrected chi connectivity index (χ1v) is 8.15. The van der Waals surface area contributed by atoms with Crippen molar-refractivity contribution in [3.63, 3.8) is 0 Å². The Morgan fingerprint density at radius 1 is 1.00 bits per heavy atom. The zero-order valence-corrected chi connectivity index (χ0v) is 14.2. The second kappa shape index (κ2) is 7.10. The normalized spacial score (nSPS) is 12.0. The maximum atomic E-state index is 4.65. The minimum absolute atomic E-state index is 0.952. The number of allylic oxidation sites excluding steroid dienone is 5. The highest BCUT2D eigenvalue weighted by Gasteiger charge is 2.06. The van der Waals surface area contributed by atoms with Crippen molar-refractivity contribution in [3.8, 4) is 11.1 Å². The van der Waals surface area contributed by atoms with Gasteiger partial charge >= 0.3 is 0 Å². The summed E-state index contributed by atoms with van der Waals surface area (Å²) in [5.41, 5.74) is 5.66. The molecule has 2 aromatic carbocycles. The lowest BCUT2D eigenvalue weighted by Gasteiger charge is -2.09. The van der Waals surface area contributed by atoms with E-state index in [9.17, 15) is 0 Å². The van der Waals surface area contributed by atoms with Gasteiger partial charge in [-0.05, 0) is 47.4 Å². The van der Waals surface area contributed by atoms with Crippen LogP contribution in [0.25, 0.3) is 27.5 Å². The van der Waals surface area contributed by atoms with Crippen molar-refractivity contribution in [2.45, 2.75) is 13.8 Å². The van der Waals surface area contributed by atoms with Gasteiger partial charge in [0.2, 0.25) is 0 Å². The predicted molar refractivity (Wildman–Crippen MR) is 105 cm³/mol. The number of rotatable bonds is 4. The number of fused-ring (bicyclic) bond motifs is 1. The Balaban J connectivity index is 2.08. The van der Waals surface area contributed by atoms with Crippen LogP contribution in [0.5, 0.6) is 0 Å². The third kappa shape index (κ3) is 3.07. The number of hydrogen-bond acceptors (Lipinski definition) is 1. The molecule has 0 N–H and O–H groups in total. The Kier molecular flexibility index (Phi) is 4.72. The van der Waals surface area contributed by atoms with Crippen LogP contribution in [0, 0.1) is 6.92 Å². The van der Waals surface area contributed by atoms with Crippen LogP contribution in [0.2, 0.25) is 0 Å². The number of pyridine rings is 1. The molecule has 24 heavy (non-hydrogen) atoms. The third-order valence-electron chi connectivity index (χ3n) is 4.15. The van der Waals surface area contributed by atoms with Gasteiger partial charge in [0, 0.05) is 11.8 Å². The number of aromatic nitrogens is 1. The molecule has 0 amide bonds. The molecule has 1 nitrogen and oxygen atoms in total. The monoisotopic (exact) mass is 311 g/mol. The summed E-state index contributed by atoms with van der Waals surface area (Å²) >= 11 is 0. The lowest BCUT2D eigenvalue weighted by Crippen LogP contribution is -1.89. The summed E-state index contributed by atoms with van der Waals surface area (Å²) in [5.74, 6) is 0. The van der Waals surface area contributed by atoms with Gasteiger partial charge < -0.3 is 0 Å². The Hall–Kier alpha value is -2.93. The first kappa shape index (κ1) is 15.9. The summed E-state index contributed by atoms with van der Waals surface area (Å²) < 4.78 is 0. The molecule has 0 bridgehead atoms. The van der Waals surface area contributed by atoms with Gasteiger partial charge in [0.25, 0.3) is 0 Å². The van der Waals surface area contributed by atoms with Crippen molar-refractivity contribution in [1.82, 2.24) is 4.98 Å². The topological polar surface area (TPSA) is 12.9 Å². The van der Waals surface area contributed by atoms with E-state index in [1.54, 1.807) is 6.08 Å². The molecule has 3 rings (SSSR count). The van der Waals surface area contributed by atoms with Gasteiger partial charge in [0.1, 0.15) is 0 Å². The van der Waals surface area contributed by atoms with Gasteiger partial charge in [-0.2, -0.15) is 0 Å². The van der Waals surface area contributed by atoms with Gasteiger partial charge in [-0.3, -0.25) is 4.98 Å². The van der Waals surface area contributed by atoms with Crippen LogP contribution in [0.15, 0.2) is 85.6 Å². The van der Waals surface area contributed by atoms with E-state index in [4.69, 9.17) is 0 Å². The summed E-state index contributed by atoms with van der Waals surface area (Å²) in [6.07, 6.45) is 9.78. The van der Waals surface area contributed by atoms with Crippen LogP contribution in [-0.2, 0) is 0 Å². The highest BCUT2D eigenvalue weighted by molar-refractivity contribution is 5.98. The fraction of sp³-hybridized carbons (Fsp3) is 0.0870. The quantitative estimate of drug-likeness (QED) is 0.511. The summed E-state index contributed by atoms with van der Waals surface area (Å²) in [6.45, 7) is 7.93. The molecule has 0 aliphatic rings. The molecule has 3 aromatic rings. The van der Waals surface area contributed by atoms with Crippen LogP contribution in [0.4, 0.5) is 0 Å². The van der Waals surface area contributed by atoms with E-state index in [1.165, 1.54) is 21.9 Å². The molecule has 0 atom stereocenters. The first-order valence-electron chi connectivity index (χ1n) is 8.15. The summed E-state index contributed by atoms with van der Waals surface area (Å²) in [6, 6.07) is 17.1. The average Bonchev–Trinajstić information content (AvgIpc) is 2.62.